The molecule has 66 heavy (non-hydrogen) atoms. The average Bonchev–Trinajstić information content (AvgIpc) is 4.00. The zero-order valence-corrected chi connectivity index (χ0v) is 46.9. The molecule has 0 saturated carbocycles. The van der Waals surface area contributed by atoms with Crippen molar-refractivity contribution in [3.8, 4) is 33.4 Å². The summed E-state index contributed by atoms with van der Waals surface area (Å²) in [5, 5.41) is 8.39. The third kappa shape index (κ3) is 12.1. The van der Waals surface area contributed by atoms with E-state index in [1.807, 2.05) is 6.07 Å². The van der Waals surface area contributed by atoms with Gasteiger partial charge in [0.15, 0.2) is 0 Å². The molecule has 0 N–H and O–H groups in total. The first-order chi connectivity index (χ1) is 31.3. The van der Waals surface area contributed by atoms with Gasteiger partial charge < -0.3 is 0 Å². The van der Waals surface area contributed by atoms with Crippen LogP contribution >= 0.6 is 17.0 Å². The van der Waals surface area contributed by atoms with Gasteiger partial charge in [0, 0.05) is 0 Å². The first-order valence-corrected chi connectivity index (χ1v) is 31.1. The van der Waals surface area contributed by atoms with Crippen LogP contribution in [0.4, 0.5) is 0 Å². The fraction of sp³-hybridized carbons (Fsp3) is 0.323. The van der Waals surface area contributed by atoms with Crippen LogP contribution < -0.4 is 10.4 Å². The van der Waals surface area contributed by atoms with E-state index in [1.54, 1.807) is 0 Å². The van der Waals surface area contributed by atoms with Crippen LogP contribution in [0.15, 0.2) is 127 Å². The fourth-order valence-electron chi connectivity index (χ4n) is 9.49. The topological polar surface area (TPSA) is 0 Å². The predicted octanol–water partition coefficient (Wildman–Crippen LogP) is 17.8. The summed E-state index contributed by atoms with van der Waals surface area (Å²) in [6.45, 7) is 31.9. The smallest absolute Gasteiger partial charge is 0.0920 e. The number of aryl methyl sites for hydroxylation is 4. The standard InChI is InChI=1S/2C25H31.C12H7Si.2ClH.Zr/c2*1-8-18(4)20-14-19-9-10-23(25(5,6)7)24(22(19)15-20)21-12-16(2)11-17(3)13-21;1-3-7-11-9(5-1)10-6-2-4-8-12(10)13-11;;;/h2*9-15,18H,8H2,1-7H3;1-7H;2*1H;/q3*-1;;;+2/p-2. The molecule has 0 aliphatic carbocycles. The van der Waals surface area contributed by atoms with E-state index in [9.17, 15) is 0 Å². The summed E-state index contributed by atoms with van der Waals surface area (Å²) >= 11 is -0.826. The predicted molar refractivity (Wildman–Crippen MR) is 291 cm³/mol. The SMILES string of the molecule is CCC(C)c1cc2c(-c3cc(C)cc(C)c3)c(C(C)(C)C)ccc2[cH-]1.CCC(C)c1cc2c(-c3cc(C)cc(C)c3)c(C(C)(C)C)ccc2[cH-]1.[Cl][Zr][Cl].[c-]1cccc2c1[Si]c1ccccc1-2. The molecule has 0 amide bonds. The Labute approximate surface area is 419 Å². The van der Waals surface area contributed by atoms with Gasteiger partial charge in [-0.1, -0.05) is 198 Å². The van der Waals surface area contributed by atoms with Crippen molar-refractivity contribution >= 4 is 58.5 Å². The van der Waals surface area contributed by atoms with Crippen LogP contribution in [-0.2, 0) is 31.7 Å². The van der Waals surface area contributed by atoms with Gasteiger partial charge in [0.25, 0.3) is 0 Å². The molecule has 0 spiro atoms. The summed E-state index contributed by atoms with van der Waals surface area (Å²) in [5.41, 5.74) is 19.7. The van der Waals surface area contributed by atoms with E-state index >= 15 is 0 Å². The minimum absolute atomic E-state index is 0.120. The fourth-order valence-corrected chi connectivity index (χ4v) is 10.8. The van der Waals surface area contributed by atoms with Crippen LogP contribution in [0.5, 0.6) is 0 Å². The van der Waals surface area contributed by atoms with Crippen LogP contribution in [-0.4, -0.2) is 9.52 Å². The molecule has 8 aromatic carbocycles. The van der Waals surface area contributed by atoms with Gasteiger partial charge in [-0.05, 0) is 61.5 Å². The monoisotopic (exact) mass is 1000 g/mol. The van der Waals surface area contributed by atoms with Gasteiger partial charge in [0.05, 0.1) is 9.52 Å². The zero-order valence-electron chi connectivity index (χ0n) is 41.9. The summed E-state index contributed by atoms with van der Waals surface area (Å²) in [6, 6.07) is 51.0. The van der Waals surface area contributed by atoms with Crippen LogP contribution in [0.2, 0.25) is 0 Å². The van der Waals surface area contributed by atoms with Crippen LogP contribution in [0, 0.1) is 33.8 Å². The summed E-state index contributed by atoms with van der Waals surface area (Å²) in [7, 11) is 10.7. The summed E-state index contributed by atoms with van der Waals surface area (Å²) in [4.78, 5) is 0. The van der Waals surface area contributed by atoms with Crippen molar-refractivity contribution in [2.24, 2.45) is 0 Å². The quantitative estimate of drug-likeness (QED) is 0.115. The third-order valence-corrected chi connectivity index (χ3v) is 14.5. The van der Waals surface area contributed by atoms with Crippen LogP contribution in [0.3, 0.4) is 0 Å². The Morgan fingerprint density at radius 3 is 1.38 bits per heavy atom. The molecular formula is C62H69Cl2SiZr-3. The van der Waals surface area contributed by atoms with Gasteiger partial charge in [-0.25, -0.2) is 0 Å². The Hall–Kier alpha value is -3.78. The number of fused-ring (bicyclic) bond motifs is 5. The molecule has 8 aromatic rings. The Balaban J connectivity index is 0.000000166. The maximum Gasteiger partial charge on any atom is 0.0920 e. The first kappa shape index (κ1) is 51.6. The molecular weight excluding hydrogens is 935 g/mol. The number of rotatable bonds is 6. The minimum atomic E-state index is -0.826. The van der Waals surface area contributed by atoms with Gasteiger partial charge >= 0.3 is 37.9 Å². The van der Waals surface area contributed by atoms with Crippen LogP contribution in [0.1, 0.15) is 138 Å². The van der Waals surface area contributed by atoms with E-state index in [1.165, 1.54) is 123 Å². The first-order valence-electron chi connectivity index (χ1n) is 23.8. The number of hydrogen-bond acceptors (Lipinski definition) is 0. The van der Waals surface area contributed by atoms with E-state index in [4.69, 9.17) is 17.0 Å². The molecule has 2 unspecified atom stereocenters. The summed E-state index contributed by atoms with van der Waals surface area (Å²) in [5.74, 6) is 1.22. The van der Waals surface area contributed by atoms with E-state index in [-0.39, 0.29) is 10.8 Å². The number of halogens is 2. The van der Waals surface area contributed by atoms with Crippen molar-refractivity contribution in [3.63, 3.8) is 0 Å². The Morgan fingerprint density at radius 1 is 0.561 bits per heavy atom. The molecule has 0 bridgehead atoms. The van der Waals surface area contributed by atoms with Crippen molar-refractivity contribution < 1.29 is 20.8 Å². The zero-order chi connectivity index (χ0) is 48.1. The second-order valence-corrected chi connectivity index (χ2v) is 25.7. The second kappa shape index (κ2) is 22.1. The molecule has 1 heterocycles. The maximum absolute atomic E-state index is 4.93. The molecule has 1 aliphatic heterocycles. The Morgan fingerprint density at radius 2 is 0.970 bits per heavy atom. The molecule has 0 saturated heterocycles. The van der Waals surface area contributed by atoms with Gasteiger partial charge in [-0.3, -0.25) is 0 Å². The third-order valence-electron chi connectivity index (χ3n) is 13.2. The van der Waals surface area contributed by atoms with E-state index in [0.717, 1.165) is 9.52 Å². The normalized spacial score (nSPS) is 12.8. The van der Waals surface area contributed by atoms with Gasteiger partial charge in [0.1, 0.15) is 0 Å². The maximum atomic E-state index is 4.93. The molecule has 0 aromatic heterocycles. The molecule has 2 radical (unpaired) electrons. The summed E-state index contributed by atoms with van der Waals surface area (Å²) in [6.07, 6.45) is 2.36. The molecule has 4 heteroatoms. The Bertz CT molecular complexity index is 2670. The van der Waals surface area contributed by atoms with Crippen molar-refractivity contribution in [2.75, 3.05) is 0 Å². The van der Waals surface area contributed by atoms with Crippen molar-refractivity contribution in [1.29, 1.82) is 0 Å². The number of benzene rings is 6. The molecule has 0 fully saturated rings. The van der Waals surface area contributed by atoms with Crippen molar-refractivity contribution in [3.05, 3.63) is 178 Å². The van der Waals surface area contributed by atoms with E-state index in [0.29, 0.717) is 11.8 Å². The molecule has 1 aliphatic rings. The van der Waals surface area contributed by atoms with Crippen molar-refractivity contribution in [1.82, 2.24) is 0 Å². The van der Waals surface area contributed by atoms with Gasteiger partial charge in [-0.2, -0.15) is 41.6 Å². The Kier molecular flexibility index (Phi) is 17.3. The minimum Gasteiger partial charge on any atom is -0.184 e. The average molecular weight is 1000 g/mol. The molecule has 2 atom stereocenters. The van der Waals surface area contributed by atoms with Crippen molar-refractivity contribution in [2.45, 2.75) is 132 Å². The molecule has 9 rings (SSSR count). The van der Waals surface area contributed by atoms with E-state index in [2.05, 4.69) is 224 Å². The second-order valence-electron chi connectivity index (χ2n) is 20.6. The van der Waals surface area contributed by atoms with Crippen LogP contribution in [0.25, 0.3) is 54.9 Å². The molecule has 0 nitrogen and oxygen atoms in total. The van der Waals surface area contributed by atoms with Gasteiger partial charge in [-0.15, -0.1) is 74.6 Å². The largest absolute Gasteiger partial charge is 0.184 e. The molecule has 342 valence electrons. The van der Waals surface area contributed by atoms with Gasteiger partial charge in [0.2, 0.25) is 0 Å². The number of hydrogen-bond donors (Lipinski definition) is 0. The van der Waals surface area contributed by atoms with E-state index < -0.39 is 20.8 Å². The summed E-state index contributed by atoms with van der Waals surface area (Å²) < 4.78 is 0.